The van der Waals surface area contributed by atoms with Gasteiger partial charge in [-0.1, -0.05) is 0 Å². The molecule has 9 heteroatoms. The van der Waals surface area contributed by atoms with Crippen molar-refractivity contribution in [1.29, 1.82) is 0 Å². The summed E-state index contributed by atoms with van der Waals surface area (Å²) in [7, 11) is -4.53. The molecule has 1 aliphatic rings. The van der Waals surface area contributed by atoms with E-state index in [2.05, 4.69) is 73.6 Å². The van der Waals surface area contributed by atoms with E-state index >= 15 is 0 Å². The number of hydrogen-bond donors (Lipinski definition) is 0. The summed E-state index contributed by atoms with van der Waals surface area (Å²) in [5.41, 5.74) is 0. The molecule has 0 amide bonds. The summed E-state index contributed by atoms with van der Waals surface area (Å²) >= 11 is 0. The van der Waals surface area contributed by atoms with Crippen molar-refractivity contribution in [3.8, 4) is 0 Å². The van der Waals surface area contributed by atoms with Crippen molar-refractivity contribution in [2.75, 3.05) is 40.2 Å². The first-order valence-corrected chi connectivity index (χ1v) is 19.0. The Morgan fingerprint density at radius 1 is 0.500 bits per heavy atom. The molecule has 0 saturated carbocycles. The molecule has 0 atom stereocenters. The molecule has 6 nitrogen and oxygen atoms in total. The molecule has 0 unspecified atom stereocenters. The molecule has 1 rings (SSSR count). The molecule has 1 fully saturated rings. The lowest BCUT2D eigenvalue weighted by atomic mass is 10.5. The van der Waals surface area contributed by atoms with Crippen LogP contribution in [0.4, 0.5) is 0 Å². The third-order valence-corrected chi connectivity index (χ3v) is 6.23. The summed E-state index contributed by atoms with van der Waals surface area (Å²) in [6.45, 7) is 24.8. The van der Waals surface area contributed by atoms with E-state index < -0.39 is 25.0 Å². The molecule has 0 aromatic rings. The van der Waals surface area contributed by atoms with Crippen molar-refractivity contribution in [1.82, 2.24) is 14.7 Å². The fraction of sp³-hybridized carbons (Fsp3) is 1.00. The van der Waals surface area contributed by atoms with Crippen LogP contribution in [0, 0.1) is 0 Å². The molecule has 1 aliphatic heterocycles. The Kier molecular flexibility index (Phi) is 8.30. The lowest BCUT2D eigenvalue weighted by molar-refractivity contribution is -0.103. The fourth-order valence-electron chi connectivity index (χ4n) is 2.08. The molecule has 0 radical (unpaired) electrons. The van der Waals surface area contributed by atoms with Crippen LogP contribution in [0.25, 0.3) is 0 Å². The van der Waals surface area contributed by atoms with E-state index in [9.17, 15) is 0 Å². The van der Waals surface area contributed by atoms with Gasteiger partial charge in [-0.3, -0.25) is 14.7 Å². The summed E-state index contributed by atoms with van der Waals surface area (Å²) in [4.78, 5) is 7.01. The van der Waals surface area contributed by atoms with Gasteiger partial charge in [0.05, 0.1) is 40.2 Å². The van der Waals surface area contributed by atoms with Gasteiger partial charge in [0.25, 0.3) is 0 Å². The lowest BCUT2D eigenvalue weighted by Crippen LogP contribution is -2.57. The van der Waals surface area contributed by atoms with E-state index in [0.29, 0.717) is 20.2 Å². The fourth-order valence-corrected chi connectivity index (χ4v) is 3.79. The topological polar surface area (TPSA) is 37.4 Å². The minimum Gasteiger partial charge on any atom is -0.405 e. The smallest absolute Gasteiger partial charge is 0.185 e. The molecule has 0 aliphatic carbocycles. The maximum atomic E-state index is 6.10. The van der Waals surface area contributed by atoms with Crippen molar-refractivity contribution < 1.29 is 13.3 Å². The first kappa shape index (κ1) is 22.5. The standard InChI is InChI=1S/C15H39N3O3Si3/c1-22(2,3)19-13-16-10-17(14-20-23(4,5)6)12-18(11-16)15-21-24(7,8)9/h10-15H2,1-9H3. The summed E-state index contributed by atoms with van der Waals surface area (Å²) in [5.74, 6) is 0. The average Bonchev–Trinajstić information content (AvgIpc) is 2.38. The van der Waals surface area contributed by atoms with E-state index in [1.54, 1.807) is 0 Å². The second-order valence-corrected chi connectivity index (χ2v) is 23.1. The molecular weight excluding hydrogens is 354 g/mol. The Morgan fingerprint density at radius 2 is 0.708 bits per heavy atom. The number of hydrogen-bond acceptors (Lipinski definition) is 6. The van der Waals surface area contributed by atoms with Gasteiger partial charge in [0.1, 0.15) is 0 Å². The Labute approximate surface area is 152 Å². The summed E-state index contributed by atoms with van der Waals surface area (Å²) < 4.78 is 18.3. The van der Waals surface area contributed by atoms with Gasteiger partial charge in [-0.05, 0) is 58.9 Å². The minimum absolute atomic E-state index is 0.683. The zero-order chi connectivity index (χ0) is 18.6. The SMILES string of the molecule is C[Si](C)(C)OCN1CN(CO[Si](C)(C)C)CN(CO[Si](C)(C)C)C1. The summed E-state index contributed by atoms with van der Waals surface area (Å²) in [5, 5.41) is 0. The predicted molar refractivity (Wildman–Crippen MR) is 108 cm³/mol. The third-order valence-electron chi connectivity index (χ3n) is 3.24. The Hall–Kier alpha value is 0.411. The van der Waals surface area contributed by atoms with Crippen LogP contribution in [0.5, 0.6) is 0 Å². The molecule has 24 heavy (non-hydrogen) atoms. The van der Waals surface area contributed by atoms with Crippen molar-refractivity contribution in [2.45, 2.75) is 58.9 Å². The van der Waals surface area contributed by atoms with E-state index in [1.807, 2.05) is 0 Å². The summed E-state index contributed by atoms with van der Waals surface area (Å²) in [6.07, 6.45) is 0. The van der Waals surface area contributed by atoms with Gasteiger partial charge >= 0.3 is 0 Å². The monoisotopic (exact) mass is 393 g/mol. The lowest BCUT2D eigenvalue weighted by Gasteiger charge is -2.43. The third kappa shape index (κ3) is 11.1. The molecule has 0 bridgehead atoms. The highest BCUT2D eigenvalue weighted by Gasteiger charge is 2.27. The van der Waals surface area contributed by atoms with Gasteiger partial charge in [-0.25, -0.2) is 0 Å². The zero-order valence-electron chi connectivity index (χ0n) is 17.3. The van der Waals surface area contributed by atoms with Gasteiger partial charge in [0.15, 0.2) is 25.0 Å². The van der Waals surface area contributed by atoms with Crippen molar-refractivity contribution >= 4 is 25.0 Å². The van der Waals surface area contributed by atoms with Gasteiger partial charge < -0.3 is 13.3 Å². The number of rotatable bonds is 9. The second-order valence-electron chi connectivity index (χ2n) is 9.59. The van der Waals surface area contributed by atoms with E-state index in [-0.39, 0.29) is 0 Å². The second kappa shape index (κ2) is 8.87. The normalized spacial score (nSPS) is 19.9. The largest absolute Gasteiger partial charge is 0.405 e. The Bertz CT molecular complexity index is 318. The summed E-state index contributed by atoms with van der Waals surface area (Å²) in [6, 6.07) is 0. The van der Waals surface area contributed by atoms with Crippen LogP contribution in [0.1, 0.15) is 0 Å². The van der Waals surface area contributed by atoms with Crippen LogP contribution in [0.2, 0.25) is 58.9 Å². The predicted octanol–water partition coefficient (Wildman–Crippen LogP) is 3.21. The Balaban J connectivity index is 2.60. The molecule has 0 spiro atoms. The highest BCUT2D eigenvalue weighted by Crippen LogP contribution is 2.13. The average molecular weight is 394 g/mol. The van der Waals surface area contributed by atoms with Crippen LogP contribution in [-0.4, -0.2) is 79.9 Å². The molecule has 144 valence electrons. The molecule has 1 saturated heterocycles. The minimum atomic E-state index is -1.51. The zero-order valence-corrected chi connectivity index (χ0v) is 20.3. The van der Waals surface area contributed by atoms with Crippen molar-refractivity contribution in [3.63, 3.8) is 0 Å². The van der Waals surface area contributed by atoms with Gasteiger partial charge in [-0.15, -0.1) is 0 Å². The number of nitrogens with zero attached hydrogens (tertiary/aromatic N) is 3. The van der Waals surface area contributed by atoms with Crippen LogP contribution >= 0.6 is 0 Å². The van der Waals surface area contributed by atoms with Crippen LogP contribution in [-0.2, 0) is 13.3 Å². The first-order chi connectivity index (χ1) is 10.7. The van der Waals surface area contributed by atoms with E-state index in [1.165, 1.54) is 0 Å². The highest BCUT2D eigenvalue weighted by atomic mass is 28.4. The Morgan fingerprint density at radius 3 is 0.875 bits per heavy atom. The molecule has 0 aromatic heterocycles. The van der Waals surface area contributed by atoms with Gasteiger partial charge in [-0.2, -0.15) is 0 Å². The maximum Gasteiger partial charge on any atom is 0.185 e. The van der Waals surface area contributed by atoms with Crippen molar-refractivity contribution in [3.05, 3.63) is 0 Å². The van der Waals surface area contributed by atoms with E-state index in [4.69, 9.17) is 13.3 Å². The van der Waals surface area contributed by atoms with Gasteiger partial charge in [0.2, 0.25) is 0 Å². The van der Waals surface area contributed by atoms with Crippen LogP contribution in [0.3, 0.4) is 0 Å². The van der Waals surface area contributed by atoms with Crippen LogP contribution in [0.15, 0.2) is 0 Å². The molecular formula is C15H39N3O3Si3. The molecule has 0 N–H and O–H groups in total. The maximum absolute atomic E-state index is 6.10. The first-order valence-electron chi connectivity index (χ1n) is 8.82. The molecule has 0 aromatic carbocycles. The highest BCUT2D eigenvalue weighted by molar-refractivity contribution is 6.70. The van der Waals surface area contributed by atoms with E-state index in [0.717, 1.165) is 20.0 Å². The van der Waals surface area contributed by atoms with Crippen LogP contribution < -0.4 is 0 Å². The van der Waals surface area contributed by atoms with Crippen molar-refractivity contribution in [2.24, 2.45) is 0 Å². The molecule has 1 heterocycles. The van der Waals surface area contributed by atoms with Gasteiger partial charge in [0, 0.05) is 0 Å². The quantitative estimate of drug-likeness (QED) is 0.560.